The van der Waals surface area contributed by atoms with Gasteiger partial charge in [0.2, 0.25) is 5.91 Å². The highest BCUT2D eigenvalue weighted by molar-refractivity contribution is 5.84. The van der Waals surface area contributed by atoms with Crippen LogP contribution in [0.1, 0.15) is 39.5 Å². The lowest BCUT2D eigenvalue weighted by Gasteiger charge is -2.33. The predicted molar refractivity (Wildman–Crippen MR) is 61.3 cm³/mol. The van der Waals surface area contributed by atoms with Crippen LogP contribution in [-0.4, -0.2) is 35.5 Å². The van der Waals surface area contributed by atoms with E-state index in [0.717, 1.165) is 6.54 Å². The molecule has 1 amide bonds. The molecule has 88 valence electrons. The molecule has 0 saturated heterocycles. The first-order valence-electron chi connectivity index (χ1n) is 5.80. The Morgan fingerprint density at radius 3 is 2.40 bits per heavy atom. The first-order chi connectivity index (χ1) is 6.97. The summed E-state index contributed by atoms with van der Waals surface area (Å²) in [5.74, 6) is -0.418. The first-order valence-corrected chi connectivity index (χ1v) is 5.80. The molecule has 0 heterocycles. The zero-order valence-corrected chi connectivity index (χ0v) is 9.83. The number of carbonyl (C=O) groups excluding carboxylic acids is 1. The molecule has 1 saturated carbocycles. The molecule has 0 spiro atoms. The van der Waals surface area contributed by atoms with Crippen molar-refractivity contribution in [3.05, 3.63) is 0 Å². The van der Waals surface area contributed by atoms with Crippen LogP contribution in [0, 0.1) is 0 Å². The molecular weight excluding hydrogens is 190 g/mol. The van der Waals surface area contributed by atoms with Crippen LogP contribution in [0.4, 0.5) is 0 Å². The van der Waals surface area contributed by atoms with Gasteiger partial charge in [-0.1, -0.05) is 19.8 Å². The summed E-state index contributed by atoms with van der Waals surface area (Å²) in [5.41, 5.74) is 10.3. The van der Waals surface area contributed by atoms with Gasteiger partial charge in [-0.15, -0.1) is 0 Å². The topological polar surface area (TPSA) is 72.3 Å². The van der Waals surface area contributed by atoms with Crippen molar-refractivity contribution >= 4 is 5.91 Å². The van der Waals surface area contributed by atoms with Gasteiger partial charge in [-0.25, -0.2) is 0 Å². The van der Waals surface area contributed by atoms with E-state index >= 15 is 0 Å². The number of likely N-dealkylation sites (N-methyl/N-ethyl adjacent to an activating group) is 1. The molecule has 1 aliphatic carbocycles. The van der Waals surface area contributed by atoms with Crippen LogP contribution in [-0.2, 0) is 4.79 Å². The number of hydrogen-bond donors (Lipinski definition) is 2. The lowest BCUT2D eigenvalue weighted by atomic mass is 10.0. The number of primary amides is 1. The summed E-state index contributed by atoms with van der Waals surface area (Å²) in [6, 6.07) is 0.595. The van der Waals surface area contributed by atoms with Gasteiger partial charge < -0.3 is 11.5 Å². The third-order valence-electron chi connectivity index (χ3n) is 3.34. The minimum atomic E-state index is -0.904. The monoisotopic (exact) mass is 213 g/mol. The molecule has 0 aromatic heterocycles. The number of nitrogens with zero attached hydrogens (tertiary/aromatic N) is 1. The Morgan fingerprint density at radius 1 is 1.47 bits per heavy atom. The average molecular weight is 213 g/mol. The quantitative estimate of drug-likeness (QED) is 0.696. The number of hydrogen-bond acceptors (Lipinski definition) is 3. The molecule has 0 aromatic rings. The molecule has 0 aliphatic heterocycles. The molecule has 1 atom stereocenters. The van der Waals surface area contributed by atoms with Crippen LogP contribution in [0.25, 0.3) is 0 Å². The van der Waals surface area contributed by atoms with Crippen molar-refractivity contribution in [2.45, 2.75) is 51.1 Å². The Balaban J connectivity index is 2.56. The second-order valence-corrected chi connectivity index (χ2v) is 4.78. The van der Waals surface area contributed by atoms with Crippen molar-refractivity contribution in [1.29, 1.82) is 0 Å². The Hall–Kier alpha value is -0.610. The molecule has 1 unspecified atom stereocenters. The molecule has 4 nitrogen and oxygen atoms in total. The average Bonchev–Trinajstić information content (AvgIpc) is 2.66. The number of carbonyl (C=O) groups is 1. The van der Waals surface area contributed by atoms with Gasteiger partial charge in [-0.3, -0.25) is 9.69 Å². The van der Waals surface area contributed by atoms with Gasteiger partial charge in [-0.05, 0) is 26.3 Å². The number of amides is 1. The fraction of sp³-hybridized carbons (Fsp3) is 0.909. The summed E-state index contributed by atoms with van der Waals surface area (Å²) in [6.07, 6.45) is 5.03. The van der Waals surface area contributed by atoms with Crippen molar-refractivity contribution in [3.8, 4) is 0 Å². The molecule has 15 heavy (non-hydrogen) atoms. The normalized spacial score (nSPS) is 21.9. The van der Waals surface area contributed by atoms with Crippen molar-refractivity contribution in [3.63, 3.8) is 0 Å². The SMILES string of the molecule is CCN(CC(C)(N)C(N)=O)C1CCCC1. The minimum Gasteiger partial charge on any atom is -0.368 e. The van der Waals surface area contributed by atoms with Crippen molar-refractivity contribution in [2.75, 3.05) is 13.1 Å². The van der Waals surface area contributed by atoms with E-state index < -0.39 is 11.4 Å². The molecule has 1 rings (SSSR count). The number of rotatable bonds is 5. The van der Waals surface area contributed by atoms with Crippen LogP contribution in [0.3, 0.4) is 0 Å². The summed E-state index contributed by atoms with van der Waals surface area (Å²) in [6.45, 7) is 5.33. The van der Waals surface area contributed by atoms with Crippen LogP contribution < -0.4 is 11.5 Å². The van der Waals surface area contributed by atoms with Gasteiger partial charge in [0.15, 0.2) is 0 Å². The zero-order chi connectivity index (χ0) is 11.5. The van der Waals surface area contributed by atoms with E-state index in [0.29, 0.717) is 12.6 Å². The van der Waals surface area contributed by atoms with E-state index in [4.69, 9.17) is 11.5 Å². The zero-order valence-electron chi connectivity index (χ0n) is 9.83. The highest BCUT2D eigenvalue weighted by Crippen LogP contribution is 2.24. The van der Waals surface area contributed by atoms with Gasteiger partial charge in [0.1, 0.15) is 5.54 Å². The summed E-state index contributed by atoms with van der Waals surface area (Å²) in [4.78, 5) is 13.4. The van der Waals surface area contributed by atoms with Gasteiger partial charge in [-0.2, -0.15) is 0 Å². The molecule has 4 N–H and O–H groups in total. The predicted octanol–water partition coefficient (Wildman–Crippen LogP) is 0.454. The summed E-state index contributed by atoms with van der Waals surface area (Å²) in [5, 5.41) is 0. The van der Waals surface area contributed by atoms with E-state index in [9.17, 15) is 4.79 Å². The van der Waals surface area contributed by atoms with E-state index in [1.807, 2.05) is 0 Å². The minimum absolute atomic E-state index is 0.418. The molecule has 1 aliphatic rings. The molecule has 0 aromatic carbocycles. The molecule has 4 heteroatoms. The first kappa shape index (κ1) is 12.5. The fourth-order valence-corrected chi connectivity index (χ4v) is 2.27. The van der Waals surface area contributed by atoms with Crippen molar-refractivity contribution in [2.24, 2.45) is 11.5 Å². The largest absolute Gasteiger partial charge is 0.368 e. The summed E-state index contributed by atoms with van der Waals surface area (Å²) >= 11 is 0. The van der Waals surface area contributed by atoms with E-state index in [1.165, 1.54) is 25.7 Å². The van der Waals surface area contributed by atoms with E-state index in [-0.39, 0.29) is 0 Å². The lowest BCUT2D eigenvalue weighted by Crippen LogP contribution is -2.58. The van der Waals surface area contributed by atoms with Gasteiger partial charge in [0.05, 0.1) is 0 Å². The van der Waals surface area contributed by atoms with Crippen LogP contribution in [0.15, 0.2) is 0 Å². The van der Waals surface area contributed by atoms with Crippen molar-refractivity contribution < 1.29 is 4.79 Å². The second kappa shape index (κ2) is 4.94. The van der Waals surface area contributed by atoms with Crippen LogP contribution >= 0.6 is 0 Å². The summed E-state index contributed by atoms with van der Waals surface area (Å²) < 4.78 is 0. The van der Waals surface area contributed by atoms with Gasteiger partial charge in [0, 0.05) is 12.6 Å². The summed E-state index contributed by atoms with van der Waals surface area (Å²) in [7, 11) is 0. The lowest BCUT2D eigenvalue weighted by molar-refractivity contribution is -0.123. The van der Waals surface area contributed by atoms with Gasteiger partial charge in [0.25, 0.3) is 0 Å². The maximum atomic E-state index is 11.2. The maximum absolute atomic E-state index is 11.2. The second-order valence-electron chi connectivity index (χ2n) is 4.78. The highest BCUT2D eigenvalue weighted by atomic mass is 16.1. The van der Waals surface area contributed by atoms with Crippen molar-refractivity contribution in [1.82, 2.24) is 4.90 Å². The highest BCUT2D eigenvalue weighted by Gasteiger charge is 2.31. The molecule has 1 fully saturated rings. The van der Waals surface area contributed by atoms with E-state index in [2.05, 4.69) is 11.8 Å². The third kappa shape index (κ3) is 3.18. The van der Waals surface area contributed by atoms with E-state index in [1.54, 1.807) is 6.92 Å². The van der Waals surface area contributed by atoms with Crippen LogP contribution in [0.2, 0.25) is 0 Å². The molecular formula is C11H23N3O. The Bertz CT molecular complexity index is 222. The fourth-order valence-electron chi connectivity index (χ4n) is 2.27. The Morgan fingerprint density at radius 2 is 2.00 bits per heavy atom. The maximum Gasteiger partial charge on any atom is 0.238 e. The van der Waals surface area contributed by atoms with Crippen LogP contribution in [0.5, 0.6) is 0 Å². The standard InChI is InChI=1S/C11H23N3O/c1-3-14(9-6-4-5-7-9)8-11(2,13)10(12)15/h9H,3-8,13H2,1-2H3,(H2,12,15). The van der Waals surface area contributed by atoms with Gasteiger partial charge >= 0.3 is 0 Å². The number of nitrogens with two attached hydrogens (primary N) is 2. The Kier molecular flexibility index (Phi) is 4.11. The Labute approximate surface area is 92.0 Å². The smallest absolute Gasteiger partial charge is 0.238 e. The molecule has 0 radical (unpaired) electrons. The third-order valence-corrected chi connectivity index (χ3v) is 3.34. The molecule has 0 bridgehead atoms.